The van der Waals surface area contributed by atoms with Crippen LogP contribution in [0.2, 0.25) is 0 Å². The van der Waals surface area contributed by atoms with E-state index in [4.69, 9.17) is 5.73 Å². The lowest BCUT2D eigenvalue weighted by atomic mass is 10.1. The Hall–Kier alpha value is -1.26. The molecule has 0 aromatic carbocycles. The predicted molar refractivity (Wildman–Crippen MR) is 48.8 cm³/mol. The monoisotopic (exact) mass is 169 g/mol. The van der Waals surface area contributed by atoms with Gasteiger partial charge in [-0.2, -0.15) is 4.98 Å². The summed E-state index contributed by atoms with van der Waals surface area (Å²) < 4.78 is 1.54. The maximum Gasteiger partial charge on any atom is 0.244 e. The summed E-state index contributed by atoms with van der Waals surface area (Å²) in [6, 6.07) is 0. The van der Waals surface area contributed by atoms with Crippen molar-refractivity contribution in [2.45, 2.75) is 26.3 Å². The lowest BCUT2D eigenvalue weighted by molar-refractivity contribution is 0.623. The molecule has 0 radical (unpaired) electrons. The van der Waals surface area contributed by atoms with Crippen LogP contribution in [0.15, 0.2) is 0 Å². The second-order valence-electron chi connectivity index (χ2n) is 3.79. The van der Waals surface area contributed by atoms with Crippen molar-refractivity contribution in [2.75, 3.05) is 11.1 Å². The Balaban J connectivity index is 2.77. The number of nitrogens with zero attached hydrogens (tertiary/aromatic N) is 3. The molecule has 0 unspecified atom stereocenters. The quantitative estimate of drug-likeness (QED) is 0.646. The zero-order valence-electron chi connectivity index (χ0n) is 7.92. The number of nitrogens with one attached hydrogen (secondary N) is 1. The third-order valence-electron chi connectivity index (χ3n) is 1.28. The van der Waals surface area contributed by atoms with Crippen LogP contribution >= 0.6 is 0 Å². The second kappa shape index (κ2) is 2.66. The maximum absolute atomic E-state index is 5.51. The topological polar surface area (TPSA) is 68.8 Å². The summed E-state index contributed by atoms with van der Waals surface area (Å²) in [7, 11) is 1.76. The van der Waals surface area contributed by atoms with Crippen molar-refractivity contribution < 1.29 is 0 Å². The molecule has 1 rings (SSSR count). The van der Waals surface area contributed by atoms with Crippen LogP contribution in [0.5, 0.6) is 0 Å². The summed E-state index contributed by atoms with van der Waals surface area (Å²) in [6.45, 7) is 6.12. The van der Waals surface area contributed by atoms with E-state index < -0.39 is 0 Å². The normalized spacial score (nSPS) is 11.7. The third-order valence-corrected chi connectivity index (χ3v) is 1.28. The van der Waals surface area contributed by atoms with Crippen molar-refractivity contribution >= 4 is 11.9 Å². The molecule has 12 heavy (non-hydrogen) atoms. The Labute approximate surface area is 72.0 Å². The lowest BCUT2D eigenvalue weighted by Gasteiger charge is -2.18. The summed E-state index contributed by atoms with van der Waals surface area (Å²) in [5, 5.41) is 7.18. The largest absolute Gasteiger partial charge is 0.368 e. The number of nitrogen functional groups attached to an aromatic ring is 1. The van der Waals surface area contributed by atoms with Gasteiger partial charge in [-0.25, -0.2) is 4.68 Å². The number of anilines is 2. The highest BCUT2D eigenvalue weighted by Gasteiger charge is 2.12. The van der Waals surface area contributed by atoms with E-state index >= 15 is 0 Å². The van der Waals surface area contributed by atoms with E-state index in [9.17, 15) is 0 Å². The molecule has 0 aliphatic heterocycles. The van der Waals surface area contributed by atoms with E-state index in [1.54, 1.807) is 7.05 Å². The number of rotatable bonds is 1. The first kappa shape index (κ1) is 8.83. The molecule has 0 atom stereocenters. The van der Waals surface area contributed by atoms with E-state index in [-0.39, 0.29) is 5.54 Å². The van der Waals surface area contributed by atoms with E-state index in [1.165, 1.54) is 4.68 Å². The van der Waals surface area contributed by atoms with Crippen molar-refractivity contribution in [2.24, 2.45) is 7.05 Å². The highest BCUT2D eigenvalue weighted by Crippen LogP contribution is 2.10. The van der Waals surface area contributed by atoms with Crippen LogP contribution in [0, 0.1) is 0 Å². The number of hydrogen-bond donors (Lipinski definition) is 2. The van der Waals surface area contributed by atoms with Gasteiger partial charge >= 0.3 is 0 Å². The Morgan fingerprint density at radius 2 is 2.00 bits per heavy atom. The van der Waals surface area contributed by atoms with Gasteiger partial charge in [-0.05, 0) is 20.8 Å². The first-order valence-corrected chi connectivity index (χ1v) is 3.83. The standard InChI is InChI=1S/C7H15N5/c1-7(2,3)10-6-9-5(8)12(4)11-6/h1-4H3,(H3,8,9,10,11). The van der Waals surface area contributed by atoms with Gasteiger partial charge in [0.25, 0.3) is 0 Å². The van der Waals surface area contributed by atoms with Crippen molar-refractivity contribution in [3.63, 3.8) is 0 Å². The van der Waals surface area contributed by atoms with Gasteiger partial charge in [0.2, 0.25) is 11.9 Å². The SMILES string of the molecule is Cn1nc(NC(C)(C)C)nc1N. The van der Waals surface area contributed by atoms with Crippen LogP contribution < -0.4 is 11.1 Å². The molecule has 0 saturated carbocycles. The van der Waals surface area contributed by atoms with Gasteiger partial charge < -0.3 is 11.1 Å². The van der Waals surface area contributed by atoms with Crippen molar-refractivity contribution in [3.05, 3.63) is 0 Å². The Bertz CT molecular complexity index is 250. The van der Waals surface area contributed by atoms with Crippen LogP contribution in [0.3, 0.4) is 0 Å². The Morgan fingerprint density at radius 1 is 1.42 bits per heavy atom. The number of aromatic nitrogens is 3. The van der Waals surface area contributed by atoms with Crippen LogP contribution in [0.25, 0.3) is 0 Å². The molecule has 1 aromatic rings. The highest BCUT2D eigenvalue weighted by molar-refractivity contribution is 5.33. The summed E-state index contributed by atoms with van der Waals surface area (Å²) in [5.74, 6) is 0.990. The molecular weight excluding hydrogens is 154 g/mol. The molecule has 1 aromatic heterocycles. The minimum absolute atomic E-state index is 0.0339. The Kier molecular flexibility index (Phi) is 1.95. The van der Waals surface area contributed by atoms with Gasteiger partial charge in [-0.15, -0.1) is 5.10 Å². The molecule has 5 heteroatoms. The van der Waals surface area contributed by atoms with Crippen molar-refractivity contribution in [1.82, 2.24) is 14.8 Å². The van der Waals surface area contributed by atoms with Crippen molar-refractivity contribution in [1.29, 1.82) is 0 Å². The molecular formula is C7H15N5. The molecule has 0 fully saturated rings. The van der Waals surface area contributed by atoms with Crippen LogP contribution in [0.4, 0.5) is 11.9 Å². The fraction of sp³-hybridized carbons (Fsp3) is 0.714. The summed E-state index contributed by atoms with van der Waals surface area (Å²) in [4.78, 5) is 4.01. The molecule has 0 aliphatic carbocycles. The third kappa shape index (κ3) is 2.11. The molecule has 3 N–H and O–H groups in total. The maximum atomic E-state index is 5.51. The molecule has 0 bridgehead atoms. The first-order valence-electron chi connectivity index (χ1n) is 3.83. The van der Waals surface area contributed by atoms with Gasteiger partial charge in [0.15, 0.2) is 0 Å². The lowest BCUT2D eigenvalue weighted by Crippen LogP contribution is -2.26. The van der Waals surface area contributed by atoms with Gasteiger partial charge in [-0.1, -0.05) is 0 Å². The molecule has 5 nitrogen and oxygen atoms in total. The number of hydrogen-bond acceptors (Lipinski definition) is 4. The smallest absolute Gasteiger partial charge is 0.244 e. The minimum atomic E-state index is -0.0339. The predicted octanol–water partition coefficient (Wildman–Crippen LogP) is 0.608. The van der Waals surface area contributed by atoms with E-state index in [2.05, 4.69) is 15.4 Å². The van der Waals surface area contributed by atoms with Gasteiger partial charge in [0.1, 0.15) is 0 Å². The molecule has 0 spiro atoms. The van der Waals surface area contributed by atoms with E-state index in [0.29, 0.717) is 11.9 Å². The summed E-state index contributed by atoms with van der Waals surface area (Å²) in [6.07, 6.45) is 0. The van der Waals surface area contributed by atoms with Crippen LogP contribution in [-0.2, 0) is 7.05 Å². The molecule has 1 heterocycles. The van der Waals surface area contributed by atoms with Gasteiger partial charge in [0.05, 0.1) is 0 Å². The van der Waals surface area contributed by atoms with Crippen LogP contribution in [-0.4, -0.2) is 20.3 Å². The van der Waals surface area contributed by atoms with Crippen molar-refractivity contribution in [3.8, 4) is 0 Å². The average Bonchev–Trinajstić information content (AvgIpc) is 2.07. The van der Waals surface area contributed by atoms with E-state index in [1.807, 2.05) is 20.8 Å². The van der Waals surface area contributed by atoms with E-state index in [0.717, 1.165) is 0 Å². The zero-order chi connectivity index (χ0) is 9.35. The first-order chi connectivity index (χ1) is 5.38. The average molecular weight is 169 g/mol. The van der Waals surface area contributed by atoms with Crippen LogP contribution in [0.1, 0.15) is 20.8 Å². The molecule has 0 amide bonds. The second-order valence-corrected chi connectivity index (χ2v) is 3.79. The molecule has 68 valence electrons. The molecule has 0 aliphatic rings. The number of aryl methyl sites for hydroxylation is 1. The Morgan fingerprint density at radius 3 is 2.33 bits per heavy atom. The summed E-state index contributed by atoms with van der Waals surface area (Å²) in [5.41, 5.74) is 5.47. The fourth-order valence-electron chi connectivity index (χ4n) is 0.785. The zero-order valence-corrected chi connectivity index (χ0v) is 7.92. The molecule has 0 saturated heterocycles. The minimum Gasteiger partial charge on any atom is -0.368 e. The fourth-order valence-corrected chi connectivity index (χ4v) is 0.785. The summed E-state index contributed by atoms with van der Waals surface area (Å²) >= 11 is 0. The number of nitrogens with two attached hydrogens (primary N) is 1. The van der Waals surface area contributed by atoms with Gasteiger partial charge in [-0.3, -0.25) is 0 Å². The highest BCUT2D eigenvalue weighted by atomic mass is 15.4. The van der Waals surface area contributed by atoms with Gasteiger partial charge in [0, 0.05) is 12.6 Å².